The Morgan fingerprint density at radius 3 is 2.12 bits per heavy atom. The normalized spacial score (nSPS) is 26.1. The van der Waals surface area contributed by atoms with Crippen LogP contribution in [0.1, 0.15) is 32.1 Å². The number of likely N-dealkylation sites (tertiary alicyclic amines) is 1. The Kier molecular flexibility index (Phi) is 4.83. The third kappa shape index (κ3) is 3.21. The molecule has 1 unspecified atom stereocenters. The molecular weight excluding hydrogens is 210 g/mol. The van der Waals surface area contributed by atoms with Crippen molar-refractivity contribution in [3.63, 3.8) is 0 Å². The summed E-state index contributed by atoms with van der Waals surface area (Å²) in [4.78, 5) is 5.02. The van der Waals surface area contributed by atoms with Crippen molar-refractivity contribution in [3.05, 3.63) is 0 Å². The van der Waals surface area contributed by atoms with Crippen LogP contribution in [-0.2, 0) is 0 Å². The standard InChI is InChI=1S/C14H29N3/c1-16(2)14(12-4-3-5-12)13-6-9-17(10-7-13)11-8-15/h12-14H,3-11,15H2,1-2H3. The molecule has 1 saturated heterocycles. The highest BCUT2D eigenvalue weighted by molar-refractivity contribution is 4.90. The fourth-order valence-corrected chi connectivity index (χ4v) is 3.71. The minimum absolute atomic E-state index is 0.810. The Hall–Kier alpha value is -0.120. The van der Waals surface area contributed by atoms with Crippen LogP contribution in [0.2, 0.25) is 0 Å². The zero-order valence-corrected chi connectivity index (χ0v) is 11.6. The van der Waals surface area contributed by atoms with Crippen molar-refractivity contribution in [1.29, 1.82) is 0 Å². The number of nitrogens with two attached hydrogens (primary N) is 1. The molecule has 17 heavy (non-hydrogen) atoms. The zero-order valence-electron chi connectivity index (χ0n) is 11.6. The first-order valence-electron chi connectivity index (χ1n) is 7.31. The lowest BCUT2D eigenvalue weighted by Gasteiger charge is -2.45. The Morgan fingerprint density at radius 1 is 1.12 bits per heavy atom. The number of piperidine rings is 1. The minimum atomic E-state index is 0.810. The first-order valence-corrected chi connectivity index (χ1v) is 7.31. The molecule has 0 spiro atoms. The molecule has 0 aromatic rings. The van der Waals surface area contributed by atoms with E-state index in [2.05, 4.69) is 23.9 Å². The van der Waals surface area contributed by atoms with Crippen LogP contribution < -0.4 is 5.73 Å². The molecule has 0 aromatic carbocycles. The van der Waals surface area contributed by atoms with Gasteiger partial charge >= 0.3 is 0 Å². The van der Waals surface area contributed by atoms with Crippen LogP contribution in [0.5, 0.6) is 0 Å². The summed E-state index contributed by atoms with van der Waals surface area (Å²) in [6.07, 6.45) is 7.14. The maximum atomic E-state index is 5.63. The van der Waals surface area contributed by atoms with Gasteiger partial charge in [-0.1, -0.05) is 6.42 Å². The second-order valence-corrected chi connectivity index (χ2v) is 6.11. The lowest BCUT2D eigenvalue weighted by Crippen LogP contribution is -2.48. The van der Waals surface area contributed by atoms with Crippen molar-refractivity contribution < 1.29 is 0 Å². The molecule has 3 heteroatoms. The summed E-state index contributed by atoms with van der Waals surface area (Å²) in [6.45, 7) is 4.42. The van der Waals surface area contributed by atoms with Crippen molar-refractivity contribution >= 4 is 0 Å². The highest BCUT2D eigenvalue weighted by Crippen LogP contribution is 2.38. The number of hydrogen-bond acceptors (Lipinski definition) is 3. The van der Waals surface area contributed by atoms with Crippen molar-refractivity contribution in [1.82, 2.24) is 9.80 Å². The predicted octanol–water partition coefficient (Wildman–Crippen LogP) is 1.39. The van der Waals surface area contributed by atoms with Crippen molar-refractivity contribution in [3.8, 4) is 0 Å². The Labute approximate surface area is 106 Å². The molecule has 2 rings (SSSR count). The average molecular weight is 239 g/mol. The van der Waals surface area contributed by atoms with E-state index in [4.69, 9.17) is 5.73 Å². The van der Waals surface area contributed by atoms with Gasteiger partial charge in [0.05, 0.1) is 0 Å². The molecule has 0 radical (unpaired) electrons. The van der Waals surface area contributed by atoms with Crippen LogP contribution >= 0.6 is 0 Å². The van der Waals surface area contributed by atoms with E-state index in [-0.39, 0.29) is 0 Å². The fraction of sp³-hybridized carbons (Fsp3) is 1.00. The van der Waals surface area contributed by atoms with Gasteiger partial charge in [-0.05, 0) is 64.7 Å². The van der Waals surface area contributed by atoms with Gasteiger partial charge in [-0.15, -0.1) is 0 Å². The maximum Gasteiger partial charge on any atom is 0.0147 e. The SMILES string of the molecule is CN(C)C(C1CCC1)C1CCN(CCN)CC1. The largest absolute Gasteiger partial charge is 0.329 e. The Balaban J connectivity index is 1.84. The van der Waals surface area contributed by atoms with Crippen LogP contribution in [0.25, 0.3) is 0 Å². The summed E-state index contributed by atoms with van der Waals surface area (Å²) in [6, 6.07) is 0.837. The molecular formula is C14H29N3. The van der Waals surface area contributed by atoms with Crippen LogP contribution in [0.15, 0.2) is 0 Å². The lowest BCUT2D eigenvalue weighted by atomic mass is 9.72. The highest BCUT2D eigenvalue weighted by atomic mass is 15.2. The summed E-state index contributed by atoms with van der Waals surface area (Å²) < 4.78 is 0. The van der Waals surface area contributed by atoms with Gasteiger partial charge in [-0.25, -0.2) is 0 Å². The molecule has 0 amide bonds. The van der Waals surface area contributed by atoms with E-state index >= 15 is 0 Å². The van der Waals surface area contributed by atoms with Crippen molar-refractivity contribution in [2.45, 2.75) is 38.1 Å². The van der Waals surface area contributed by atoms with Crippen LogP contribution in [0, 0.1) is 11.8 Å². The first-order chi connectivity index (χ1) is 8.22. The van der Waals surface area contributed by atoms with Crippen LogP contribution in [0.4, 0.5) is 0 Å². The van der Waals surface area contributed by atoms with E-state index in [1.165, 1.54) is 45.2 Å². The second-order valence-electron chi connectivity index (χ2n) is 6.11. The molecule has 2 fully saturated rings. The molecule has 1 aliphatic heterocycles. The predicted molar refractivity (Wildman–Crippen MR) is 73.0 cm³/mol. The summed E-state index contributed by atoms with van der Waals surface area (Å²) in [5, 5.41) is 0. The van der Waals surface area contributed by atoms with Crippen molar-refractivity contribution in [2.24, 2.45) is 17.6 Å². The zero-order chi connectivity index (χ0) is 12.3. The van der Waals surface area contributed by atoms with E-state index in [0.717, 1.165) is 31.0 Å². The molecule has 2 N–H and O–H groups in total. The number of hydrogen-bond donors (Lipinski definition) is 1. The third-order valence-corrected chi connectivity index (χ3v) is 4.79. The molecule has 0 bridgehead atoms. The molecule has 1 heterocycles. The van der Waals surface area contributed by atoms with Gasteiger partial charge < -0.3 is 15.5 Å². The van der Waals surface area contributed by atoms with Gasteiger partial charge in [-0.3, -0.25) is 0 Å². The molecule has 1 atom stereocenters. The van der Waals surface area contributed by atoms with E-state index < -0.39 is 0 Å². The van der Waals surface area contributed by atoms with Gasteiger partial charge in [0.15, 0.2) is 0 Å². The smallest absolute Gasteiger partial charge is 0.0147 e. The average Bonchev–Trinajstić information content (AvgIpc) is 2.24. The lowest BCUT2D eigenvalue weighted by molar-refractivity contribution is 0.0519. The Bertz CT molecular complexity index is 218. The highest BCUT2D eigenvalue weighted by Gasteiger charge is 2.35. The topological polar surface area (TPSA) is 32.5 Å². The maximum absolute atomic E-state index is 5.63. The van der Waals surface area contributed by atoms with Gasteiger partial charge in [-0.2, -0.15) is 0 Å². The molecule has 1 aliphatic carbocycles. The van der Waals surface area contributed by atoms with Crippen molar-refractivity contribution in [2.75, 3.05) is 40.3 Å². The van der Waals surface area contributed by atoms with Gasteiger partial charge in [0.2, 0.25) is 0 Å². The summed E-state index contributed by atoms with van der Waals surface area (Å²) in [5.74, 6) is 1.90. The van der Waals surface area contributed by atoms with Gasteiger partial charge in [0, 0.05) is 19.1 Å². The van der Waals surface area contributed by atoms with E-state index in [1.54, 1.807) is 0 Å². The van der Waals surface area contributed by atoms with Gasteiger partial charge in [0.1, 0.15) is 0 Å². The van der Waals surface area contributed by atoms with Crippen LogP contribution in [-0.4, -0.2) is 56.1 Å². The monoisotopic (exact) mass is 239 g/mol. The summed E-state index contributed by atoms with van der Waals surface area (Å²) in [5.41, 5.74) is 5.63. The number of nitrogens with zero attached hydrogens (tertiary/aromatic N) is 2. The minimum Gasteiger partial charge on any atom is -0.329 e. The molecule has 2 aliphatic rings. The fourth-order valence-electron chi connectivity index (χ4n) is 3.71. The van der Waals surface area contributed by atoms with E-state index in [0.29, 0.717) is 0 Å². The second kappa shape index (κ2) is 6.17. The van der Waals surface area contributed by atoms with E-state index in [1.807, 2.05) is 0 Å². The molecule has 100 valence electrons. The quantitative estimate of drug-likeness (QED) is 0.787. The molecule has 1 saturated carbocycles. The summed E-state index contributed by atoms with van der Waals surface area (Å²) in [7, 11) is 4.55. The first kappa shape index (κ1) is 13.3. The number of rotatable bonds is 5. The third-order valence-electron chi connectivity index (χ3n) is 4.79. The summed E-state index contributed by atoms with van der Waals surface area (Å²) >= 11 is 0. The van der Waals surface area contributed by atoms with Gasteiger partial charge in [0.25, 0.3) is 0 Å². The van der Waals surface area contributed by atoms with E-state index in [9.17, 15) is 0 Å². The molecule has 0 aromatic heterocycles. The molecule has 3 nitrogen and oxygen atoms in total. The Morgan fingerprint density at radius 2 is 1.71 bits per heavy atom. The van der Waals surface area contributed by atoms with Crippen LogP contribution in [0.3, 0.4) is 0 Å².